The maximum absolute atomic E-state index is 12.6. The Morgan fingerprint density at radius 1 is 1.39 bits per heavy atom. The molecule has 1 aliphatic rings. The van der Waals surface area contributed by atoms with Gasteiger partial charge in [-0.25, -0.2) is 0 Å². The van der Waals surface area contributed by atoms with Gasteiger partial charge in [0.2, 0.25) is 0 Å². The molecule has 126 valence electrons. The van der Waals surface area contributed by atoms with Gasteiger partial charge in [0.1, 0.15) is 11.5 Å². The summed E-state index contributed by atoms with van der Waals surface area (Å²) in [7, 11) is 0. The highest BCUT2D eigenvalue weighted by Gasteiger charge is 2.41. The summed E-state index contributed by atoms with van der Waals surface area (Å²) in [6, 6.07) is -0.492. The van der Waals surface area contributed by atoms with Crippen LogP contribution in [0.1, 0.15) is 35.6 Å². The number of ether oxygens (including phenoxy) is 1. The van der Waals surface area contributed by atoms with Gasteiger partial charge in [-0.05, 0) is 50.8 Å². The van der Waals surface area contributed by atoms with Crippen LogP contribution in [-0.2, 0) is 11.2 Å². The third-order valence-corrected chi connectivity index (χ3v) is 4.80. The third-order valence-electron chi connectivity index (χ3n) is 4.80. The van der Waals surface area contributed by atoms with Crippen molar-refractivity contribution in [2.75, 3.05) is 6.61 Å². The predicted molar refractivity (Wildman–Crippen MR) is 88.9 cm³/mol. The standard InChI is InChI=1S/C18H25NO4/c1-6-13(9-20)19-17(22)18(5)8-7-14-12(4)15(21)10(2)11(3)16(14)23-18/h6,13,20-21H,1,7-9H2,2-5H3,(H,19,22)/t13-,18?/m1/s1. The van der Waals surface area contributed by atoms with Crippen LogP contribution in [0.3, 0.4) is 0 Å². The molecule has 0 spiro atoms. The topological polar surface area (TPSA) is 78.8 Å². The Morgan fingerprint density at radius 2 is 2.04 bits per heavy atom. The van der Waals surface area contributed by atoms with Crippen molar-refractivity contribution >= 4 is 5.91 Å². The Morgan fingerprint density at radius 3 is 2.61 bits per heavy atom. The second kappa shape index (κ2) is 6.24. The molecule has 0 saturated heterocycles. The smallest absolute Gasteiger partial charge is 0.264 e. The molecule has 0 saturated carbocycles. The van der Waals surface area contributed by atoms with Crippen molar-refractivity contribution in [3.05, 3.63) is 34.9 Å². The van der Waals surface area contributed by atoms with Gasteiger partial charge in [0, 0.05) is 12.0 Å². The molecule has 1 aliphatic heterocycles. The number of phenols is 1. The maximum atomic E-state index is 12.6. The average Bonchev–Trinajstić information content (AvgIpc) is 2.55. The van der Waals surface area contributed by atoms with E-state index in [-0.39, 0.29) is 12.5 Å². The minimum absolute atomic E-state index is 0.201. The summed E-state index contributed by atoms with van der Waals surface area (Å²) in [6.07, 6.45) is 2.65. The lowest BCUT2D eigenvalue weighted by molar-refractivity contribution is -0.137. The number of phenolic OH excluding ortho intramolecular Hbond substituents is 1. The second-order valence-electron chi connectivity index (χ2n) is 6.36. The molecule has 23 heavy (non-hydrogen) atoms. The number of nitrogens with one attached hydrogen (secondary N) is 1. The molecule has 0 aliphatic carbocycles. The zero-order valence-electron chi connectivity index (χ0n) is 14.2. The molecule has 3 N–H and O–H groups in total. The number of fused-ring (bicyclic) bond motifs is 1. The van der Waals surface area contributed by atoms with E-state index in [2.05, 4.69) is 11.9 Å². The van der Waals surface area contributed by atoms with Crippen LogP contribution >= 0.6 is 0 Å². The fourth-order valence-corrected chi connectivity index (χ4v) is 2.91. The van der Waals surface area contributed by atoms with E-state index in [4.69, 9.17) is 4.74 Å². The molecule has 5 heteroatoms. The summed E-state index contributed by atoms with van der Waals surface area (Å²) in [4.78, 5) is 12.6. The quantitative estimate of drug-likeness (QED) is 0.742. The lowest BCUT2D eigenvalue weighted by atomic mass is 9.86. The number of aromatic hydroxyl groups is 1. The van der Waals surface area contributed by atoms with Crippen molar-refractivity contribution < 1.29 is 19.7 Å². The number of hydrogen-bond donors (Lipinski definition) is 3. The summed E-state index contributed by atoms with van der Waals surface area (Å²) in [5.74, 6) is 0.704. The Hall–Kier alpha value is -2.01. The first-order valence-electron chi connectivity index (χ1n) is 7.80. The molecule has 1 unspecified atom stereocenters. The van der Waals surface area contributed by atoms with Crippen LogP contribution in [0.4, 0.5) is 0 Å². The second-order valence-corrected chi connectivity index (χ2v) is 6.36. The van der Waals surface area contributed by atoms with Gasteiger partial charge < -0.3 is 20.3 Å². The van der Waals surface area contributed by atoms with Gasteiger partial charge >= 0.3 is 0 Å². The summed E-state index contributed by atoms with van der Waals surface area (Å²) >= 11 is 0. The fraction of sp³-hybridized carbons (Fsp3) is 0.500. The molecule has 2 rings (SSSR count). The van der Waals surface area contributed by atoms with Crippen molar-refractivity contribution in [1.29, 1.82) is 0 Å². The summed E-state index contributed by atoms with van der Waals surface area (Å²) in [6.45, 7) is 10.7. The monoisotopic (exact) mass is 319 g/mol. The number of amides is 1. The van der Waals surface area contributed by atoms with E-state index >= 15 is 0 Å². The largest absolute Gasteiger partial charge is 0.507 e. The van der Waals surface area contributed by atoms with Crippen molar-refractivity contribution in [3.63, 3.8) is 0 Å². The molecule has 1 heterocycles. The Labute approximate surface area is 137 Å². The van der Waals surface area contributed by atoms with Gasteiger partial charge in [0.15, 0.2) is 5.60 Å². The van der Waals surface area contributed by atoms with Crippen molar-refractivity contribution in [3.8, 4) is 11.5 Å². The highest BCUT2D eigenvalue weighted by molar-refractivity contribution is 5.86. The molecular weight excluding hydrogens is 294 g/mol. The zero-order chi connectivity index (χ0) is 17.4. The van der Waals surface area contributed by atoms with E-state index in [0.717, 1.165) is 22.3 Å². The summed E-state index contributed by atoms with van der Waals surface area (Å²) < 4.78 is 6.08. The Kier molecular flexibility index (Phi) is 4.71. The Bertz CT molecular complexity index is 653. The number of carbonyl (C=O) groups is 1. The number of carbonyl (C=O) groups excluding carboxylic acids is 1. The molecule has 1 aromatic carbocycles. The normalized spacial score (nSPS) is 21.1. The highest BCUT2D eigenvalue weighted by Crippen LogP contribution is 2.43. The molecule has 2 atom stereocenters. The van der Waals surface area contributed by atoms with E-state index in [1.54, 1.807) is 6.92 Å². The minimum Gasteiger partial charge on any atom is -0.507 e. The van der Waals surface area contributed by atoms with Crippen LogP contribution in [0.25, 0.3) is 0 Å². The molecule has 0 aromatic heterocycles. The van der Waals surface area contributed by atoms with Gasteiger partial charge in [0.25, 0.3) is 5.91 Å². The van der Waals surface area contributed by atoms with Crippen LogP contribution in [0.5, 0.6) is 11.5 Å². The molecule has 0 radical (unpaired) electrons. The van der Waals surface area contributed by atoms with Crippen LogP contribution in [-0.4, -0.2) is 34.4 Å². The van der Waals surface area contributed by atoms with Crippen LogP contribution in [0.2, 0.25) is 0 Å². The summed E-state index contributed by atoms with van der Waals surface area (Å²) in [5, 5.41) is 22.1. The molecule has 1 amide bonds. The highest BCUT2D eigenvalue weighted by atomic mass is 16.5. The summed E-state index contributed by atoms with van der Waals surface area (Å²) in [5.41, 5.74) is 2.38. The minimum atomic E-state index is -1.01. The lowest BCUT2D eigenvalue weighted by Crippen LogP contribution is -2.53. The first kappa shape index (κ1) is 17.3. The van der Waals surface area contributed by atoms with Crippen molar-refractivity contribution in [2.24, 2.45) is 0 Å². The average molecular weight is 319 g/mol. The first-order valence-corrected chi connectivity index (χ1v) is 7.80. The number of hydrogen-bond acceptors (Lipinski definition) is 4. The number of rotatable bonds is 4. The molecular formula is C18H25NO4. The fourth-order valence-electron chi connectivity index (χ4n) is 2.91. The van der Waals surface area contributed by atoms with Crippen LogP contribution in [0.15, 0.2) is 12.7 Å². The SMILES string of the molecule is C=C[C@H](CO)NC(=O)C1(C)CCc2c(C)c(O)c(C)c(C)c2O1. The van der Waals surface area contributed by atoms with Gasteiger partial charge in [-0.15, -0.1) is 6.58 Å². The molecule has 0 fully saturated rings. The van der Waals surface area contributed by atoms with E-state index < -0.39 is 11.6 Å². The molecule has 0 bridgehead atoms. The first-order chi connectivity index (χ1) is 10.7. The van der Waals surface area contributed by atoms with Gasteiger partial charge in [-0.2, -0.15) is 0 Å². The third kappa shape index (κ3) is 2.93. The van der Waals surface area contributed by atoms with E-state index in [1.165, 1.54) is 6.08 Å². The predicted octanol–water partition coefficient (Wildman–Crippen LogP) is 2.06. The van der Waals surface area contributed by atoms with E-state index in [9.17, 15) is 15.0 Å². The number of benzene rings is 1. The Balaban J connectivity index is 2.36. The van der Waals surface area contributed by atoms with Crippen molar-refractivity contribution in [2.45, 2.75) is 52.2 Å². The van der Waals surface area contributed by atoms with Gasteiger partial charge in [-0.1, -0.05) is 6.08 Å². The zero-order valence-corrected chi connectivity index (χ0v) is 14.2. The van der Waals surface area contributed by atoms with E-state index in [1.807, 2.05) is 20.8 Å². The van der Waals surface area contributed by atoms with Crippen molar-refractivity contribution in [1.82, 2.24) is 5.32 Å². The number of aliphatic hydroxyl groups is 1. The molecule has 1 aromatic rings. The number of aliphatic hydroxyl groups excluding tert-OH is 1. The molecule has 5 nitrogen and oxygen atoms in total. The van der Waals surface area contributed by atoms with E-state index in [0.29, 0.717) is 24.3 Å². The van der Waals surface area contributed by atoms with Gasteiger partial charge in [0.05, 0.1) is 12.6 Å². The maximum Gasteiger partial charge on any atom is 0.264 e. The van der Waals surface area contributed by atoms with Crippen LogP contribution in [0, 0.1) is 20.8 Å². The van der Waals surface area contributed by atoms with Crippen LogP contribution < -0.4 is 10.1 Å². The van der Waals surface area contributed by atoms with Gasteiger partial charge in [-0.3, -0.25) is 4.79 Å². The lowest BCUT2D eigenvalue weighted by Gasteiger charge is -2.37.